The summed E-state index contributed by atoms with van der Waals surface area (Å²) >= 11 is 6.05. The zero-order chi connectivity index (χ0) is 20.5. The van der Waals surface area contributed by atoms with Crippen LogP contribution in [0.25, 0.3) is 0 Å². The van der Waals surface area contributed by atoms with Crippen molar-refractivity contribution in [3.8, 4) is 0 Å². The predicted molar refractivity (Wildman–Crippen MR) is 93.3 cm³/mol. The van der Waals surface area contributed by atoms with E-state index in [1.54, 1.807) is 12.1 Å². The number of benzene rings is 1. The molecule has 0 aliphatic carbocycles. The van der Waals surface area contributed by atoms with E-state index < -0.39 is 24.3 Å². The summed E-state index contributed by atoms with van der Waals surface area (Å²) in [6.07, 6.45) is -3.11. The molecule has 0 aliphatic heterocycles. The van der Waals surface area contributed by atoms with Crippen LogP contribution in [-0.2, 0) is 24.1 Å². The van der Waals surface area contributed by atoms with Gasteiger partial charge in [-0.2, -0.15) is 23.4 Å². The van der Waals surface area contributed by atoms with E-state index >= 15 is 0 Å². The molecule has 11 heteroatoms. The lowest BCUT2D eigenvalue weighted by Gasteiger charge is -2.05. The molecule has 2 aromatic heterocycles. The maximum Gasteiger partial charge on any atom is 0.435 e. The van der Waals surface area contributed by atoms with Gasteiger partial charge in [0.1, 0.15) is 17.4 Å². The van der Waals surface area contributed by atoms with Crippen LogP contribution in [-0.4, -0.2) is 25.5 Å². The minimum atomic E-state index is -4.59. The maximum absolute atomic E-state index is 13.0. The van der Waals surface area contributed by atoms with Gasteiger partial charge < -0.3 is 5.32 Å². The minimum Gasteiger partial charge on any atom is -0.306 e. The van der Waals surface area contributed by atoms with Crippen LogP contribution in [0.4, 0.5) is 23.4 Å². The summed E-state index contributed by atoms with van der Waals surface area (Å²) in [4.78, 5) is 12.1. The third-order valence-electron chi connectivity index (χ3n) is 3.80. The highest BCUT2D eigenvalue weighted by Gasteiger charge is 2.34. The van der Waals surface area contributed by atoms with Crippen LogP contribution in [0.2, 0.25) is 5.02 Å². The zero-order valence-electron chi connectivity index (χ0n) is 14.5. The van der Waals surface area contributed by atoms with E-state index in [9.17, 15) is 22.4 Å². The molecule has 6 nitrogen and oxygen atoms in total. The third kappa shape index (κ3) is 4.69. The second-order valence-corrected chi connectivity index (χ2v) is 6.43. The Balaban J connectivity index is 1.67. The van der Waals surface area contributed by atoms with Crippen molar-refractivity contribution in [3.63, 3.8) is 0 Å². The van der Waals surface area contributed by atoms with Gasteiger partial charge in [0, 0.05) is 11.9 Å². The van der Waals surface area contributed by atoms with E-state index in [1.807, 2.05) is 0 Å². The van der Waals surface area contributed by atoms with E-state index in [4.69, 9.17) is 11.6 Å². The first kappa shape index (κ1) is 19.9. The lowest BCUT2D eigenvalue weighted by atomic mass is 10.2. The summed E-state index contributed by atoms with van der Waals surface area (Å²) in [6.45, 7) is 1.28. The molecule has 1 amide bonds. The van der Waals surface area contributed by atoms with Crippen LogP contribution in [0.1, 0.15) is 17.0 Å². The molecule has 1 N–H and O–H groups in total. The first-order valence-corrected chi connectivity index (χ1v) is 8.38. The molecule has 1 aromatic carbocycles. The predicted octanol–water partition coefficient (Wildman–Crippen LogP) is 3.89. The van der Waals surface area contributed by atoms with Gasteiger partial charge in [0.25, 0.3) is 0 Å². The number of anilines is 1. The Morgan fingerprint density at radius 1 is 1.21 bits per heavy atom. The number of carbonyl (C=O) groups excluding carboxylic acids is 1. The highest BCUT2D eigenvalue weighted by atomic mass is 35.5. The highest BCUT2D eigenvalue weighted by Crippen LogP contribution is 2.28. The molecular weight excluding hydrogens is 402 g/mol. The lowest BCUT2D eigenvalue weighted by molar-refractivity contribution is -0.141. The number of aromatic nitrogens is 4. The van der Waals surface area contributed by atoms with Crippen LogP contribution in [0.15, 0.2) is 36.5 Å². The van der Waals surface area contributed by atoms with Crippen molar-refractivity contribution >= 4 is 23.3 Å². The Kier molecular flexibility index (Phi) is 5.41. The fourth-order valence-corrected chi connectivity index (χ4v) is 2.65. The SMILES string of the molecule is Cc1cc(C(F)(F)F)nn1CC(=O)Nc1nn(Cc2ccc(F)cc2)cc1Cl. The summed E-state index contributed by atoms with van der Waals surface area (Å²) in [5.41, 5.74) is -0.111. The number of aryl methyl sites for hydroxylation is 1. The van der Waals surface area contributed by atoms with Crippen LogP contribution < -0.4 is 5.32 Å². The number of carbonyl (C=O) groups is 1. The van der Waals surface area contributed by atoms with Gasteiger partial charge in [-0.1, -0.05) is 23.7 Å². The van der Waals surface area contributed by atoms with Gasteiger partial charge in [-0.3, -0.25) is 14.2 Å². The number of hydrogen-bond acceptors (Lipinski definition) is 3. The van der Waals surface area contributed by atoms with Crippen LogP contribution >= 0.6 is 11.6 Å². The minimum absolute atomic E-state index is 0.0645. The molecule has 0 unspecified atom stereocenters. The number of alkyl halides is 3. The van der Waals surface area contributed by atoms with Gasteiger partial charge in [0.15, 0.2) is 11.5 Å². The number of rotatable bonds is 5. The Morgan fingerprint density at radius 2 is 1.89 bits per heavy atom. The van der Waals surface area contributed by atoms with Gasteiger partial charge in [0.2, 0.25) is 5.91 Å². The maximum atomic E-state index is 13.0. The lowest BCUT2D eigenvalue weighted by Crippen LogP contribution is -2.21. The average Bonchev–Trinajstić information content (AvgIpc) is 3.13. The Morgan fingerprint density at radius 3 is 2.50 bits per heavy atom. The molecule has 0 bridgehead atoms. The second-order valence-electron chi connectivity index (χ2n) is 6.02. The van der Waals surface area contributed by atoms with Crippen LogP contribution in [0.5, 0.6) is 0 Å². The Hall–Kier alpha value is -2.88. The molecule has 0 spiro atoms. The van der Waals surface area contributed by atoms with Gasteiger partial charge in [0.05, 0.1) is 6.54 Å². The summed E-state index contributed by atoms with van der Waals surface area (Å²) in [7, 11) is 0. The third-order valence-corrected chi connectivity index (χ3v) is 4.07. The van der Waals surface area contributed by atoms with E-state index in [-0.39, 0.29) is 22.4 Å². The van der Waals surface area contributed by atoms with Crippen molar-refractivity contribution in [2.75, 3.05) is 5.32 Å². The largest absolute Gasteiger partial charge is 0.435 e. The quantitative estimate of drug-likeness (QED) is 0.643. The fraction of sp³-hybridized carbons (Fsp3) is 0.235. The average molecular weight is 416 g/mol. The molecule has 28 heavy (non-hydrogen) atoms. The summed E-state index contributed by atoms with van der Waals surface area (Å²) in [5.74, 6) is -0.929. The molecule has 0 radical (unpaired) electrons. The second kappa shape index (κ2) is 7.63. The van der Waals surface area contributed by atoms with Crippen molar-refractivity contribution < 1.29 is 22.4 Å². The highest BCUT2D eigenvalue weighted by molar-refractivity contribution is 6.33. The standard InChI is InChI=1S/C17H14ClF4N5O/c1-10-6-14(17(20,21)22)24-27(10)9-15(28)23-16-13(18)8-26(25-16)7-11-2-4-12(19)5-3-11/h2-6,8H,7,9H2,1H3,(H,23,25,28). The molecule has 0 saturated heterocycles. The number of nitrogens with one attached hydrogen (secondary N) is 1. The van der Waals surface area contributed by atoms with E-state index in [2.05, 4.69) is 15.5 Å². The molecule has 3 aromatic rings. The summed E-state index contributed by atoms with van der Waals surface area (Å²) in [5, 5.41) is 10.1. The molecule has 3 rings (SSSR count). The molecule has 148 valence electrons. The molecule has 0 saturated carbocycles. The number of hydrogen-bond donors (Lipinski definition) is 1. The number of nitrogens with zero attached hydrogens (tertiary/aromatic N) is 4. The zero-order valence-corrected chi connectivity index (χ0v) is 15.2. The van der Waals surface area contributed by atoms with Gasteiger partial charge >= 0.3 is 6.18 Å². The van der Waals surface area contributed by atoms with Crippen LogP contribution in [0, 0.1) is 12.7 Å². The van der Waals surface area contributed by atoms with Crippen molar-refractivity contribution in [3.05, 3.63) is 64.3 Å². The first-order valence-electron chi connectivity index (χ1n) is 8.01. The molecule has 0 atom stereocenters. The molecular formula is C17H14ClF4N5O. The molecule has 0 fully saturated rings. The molecule has 0 aliphatic rings. The van der Waals surface area contributed by atoms with Gasteiger partial charge in [-0.15, -0.1) is 0 Å². The van der Waals surface area contributed by atoms with E-state index in [0.29, 0.717) is 6.54 Å². The van der Waals surface area contributed by atoms with E-state index in [0.717, 1.165) is 16.3 Å². The summed E-state index contributed by atoms with van der Waals surface area (Å²) < 4.78 is 53.4. The summed E-state index contributed by atoms with van der Waals surface area (Å²) in [6, 6.07) is 6.65. The number of halogens is 5. The van der Waals surface area contributed by atoms with Gasteiger partial charge in [-0.05, 0) is 30.7 Å². The first-order chi connectivity index (χ1) is 13.1. The normalized spacial score (nSPS) is 11.6. The fourth-order valence-electron chi connectivity index (χ4n) is 2.46. The Labute approximate surface area is 161 Å². The number of amides is 1. The molecule has 2 heterocycles. The van der Waals surface area contributed by atoms with Gasteiger partial charge in [-0.25, -0.2) is 4.39 Å². The topological polar surface area (TPSA) is 64.7 Å². The van der Waals surface area contributed by atoms with E-state index in [1.165, 1.54) is 29.9 Å². The Bertz CT molecular complexity index is 994. The monoisotopic (exact) mass is 415 g/mol. The van der Waals surface area contributed by atoms with Crippen LogP contribution in [0.3, 0.4) is 0 Å². The van der Waals surface area contributed by atoms with Crippen molar-refractivity contribution in [1.82, 2.24) is 19.6 Å². The smallest absolute Gasteiger partial charge is 0.306 e. The van der Waals surface area contributed by atoms with Crippen molar-refractivity contribution in [1.29, 1.82) is 0 Å². The van der Waals surface area contributed by atoms with Crippen molar-refractivity contribution in [2.45, 2.75) is 26.2 Å². The van der Waals surface area contributed by atoms with Crippen molar-refractivity contribution in [2.24, 2.45) is 0 Å².